The summed E-state index contributed by atoms with van der Waals surface area (Å²) in [5.41, 5.74) is 6.50. The minimum absolute atomic E-state index is 0.0963. The predicted molar refractivity (Wildman–Crippen MR) is 164 cm³/mol. The van der Waals surface area contributed by atoms with Crippen molar-refractivity contribution in [3.63, 3.8) is 0 Å². The number of hydroxylamine groups is 1. The molecule has 0 aromatic heterocycles. The standard InChI is InChI=1S/C31H44N2O5S2/c1-4-39-22-26(19-24-12-6-5-7-13-24)32-21-25-16-17-28(29(20-25)27-14-9-8-11-23(27)2)31(35)33-38-30(34)15-10-18-40(3,36)37/h8-9,11,14,16-17,20,24,26,32H,4-7,10,12-13,15,18-19,21-22H2,1-3H3,(H,33,35). The molecule has 1 unspecified atom stereocenters. The van der Waals surface area contributed by atoms with Gasteiger partial charge in [-0.2, -0.15) is 17.2 Å². The highest BCUT2D eigenvalue weighted by Crippen LogP contribution is 2.30. The molecule has 2 aromatic carbocycles. The monoisotopic (exact) mass is 588 g/mol. The van der Waals surface area contributed by atoms with Gasteiger partial charge in [-0.05, 0) is 65.8 Å². The molecule has 2 aromatic rings. The smallest absolute Gasteiger partial charge is 0.332 e. The molecule has 0 spiro atoms. The van der Waals surface area contributed by atoms with Crippen LogP contribution in [0.1, 0.15) is 79.8 Å². The molecule has 1 aliphatic rings. The average molecular weight is 589 g/mol. The Morgan fingerprint density at radius 3 is 2.52 bits per heavy atom. The Hall–Kier alpha value is -2.36. The summed E-state index contributed by atoms with van der Waals surface area (Å²) < 4.78 is 22.6. The number of rotatable bonds is 14. The lowest BCUT2D eigenvalue weighted by molar-refractivity contribution is -0.149. The molecule has 0 bridgehead atoms. The molecule has 0 saturated heterocycles. The maximum atomic E-state index is 13.1. The third-order valence-electron chi connectivity index (χ3n) is 7.38. The largest absolute Gasteiger partial charge is 0.341 e. The lowest BCUT2D eigenvalue weighted by Gasteiger charge is -2.27. The fourth-order valence-corrected chi connectivity index (χ4v) is 6.69. The Morgan fingerprint density at radius 2 is 1.82 bits per heavy atom. The minimum Gasteiger partial charge on any atom is -0.341 e. The molecule has 40 heavy (non-hydrogen) atoms. The van der Waals surface area contributed by atoms with Crippen molar-refractivity contribution in [3.05, 3.63) is 59.2 Å². The lowest BCUT2D eigenvalue weighted by Crippen LogP contribution is -2.33. The van der Waals surface area contributed by atoms with E-state index in [-0.39, 0.29) is 18.6 Å². The predicted octanol–water partition coefficient (Wildman–Crippen LogP) is 5.86. The molecule has 0 radical (unpaired) electrons. The summed E-state index contributed by atoms with van der Waals surface area (Å²) in [5.74, 6) is 1.68. The van der Waals surface area contributed by atoms with Crippen LogP contribution >= 0.6 is 11.8 Å². The van der Waals surface area contributed by atoms with Gasteiger partial charge in [-0.15, -0.1) is 0 Å². The number of nitrogens with one attached hydrogen (secondary N) is 2. The third-order valence-corrected chi connectivity index (χ3v) is 9.45. The summed E-state index contributed by atoms with van der Waals surface area (Å²) in [7, 11) is -3.16. The van der Waals surface area contributed by atoms with Crippen LogP contribution in [0.15, 0.2) is 42.5 Å². The van der Waals surface area contributed by atoms with Crippen LogP contribution in [0.4, 0.5) is 0 Å². The Balaban J connectivity index is 1.72. The lowest BCUT2D eigenvalue weighted by atomic mass is 9.85. The van der Waals surface area contributed by atoms with Crippen molar-refractivity contribution in [1.82, 2.24) is 10.8 Å². The van der Waals surface area contributed by atoms with E-state index in [0.29, 0.717) is 18.2 Å². The highest BCUT2D eigenvalue weighted by molar-refractivity contribution is 7.99. The summed E-state index contributed by atoms with van der Waals surface area (Å²) >= 11 is 1.98. The number of carbonyl (C=O) groups is 2. The fourth-order valence-electron chi connectivity index (χ4n) is 5.24. The van der Waals surface area contributed by atoms with Gasteiger partial charge in [0, 0.05) is 31.0 Å². The average Bonchev–Trinajstić information content (AvgIpc) is 2.93. The van der Waals surface area contributed by atoms with Crippen molar-refractivity contribution in [1.29, 1.82) is 0 Å². The molecule has 9 heteroatoms. The van der Waals surface area contributed by atoms with Gasteiger partial charge in [0.2, 0.25) is 0 Å². The number of amides is 1. The van der Waals surface area contributed by atoms with Gasteiger partial charge < -0.3 is 10.2 Å². The van der Waals surface area contributed by atoms with Crippen LogP contribution in [0.3, 0.4) is 0 Å². The number of thioether (sulfide) groups is 1. The van der Waals surface area contributed by atoms with Gasteiger partial charge >= 0.3 is 5.97 Å². The molecule has 7 nitrogen and oxygen atoms in total. The summed E-state index contributed by atoms with van der Waals surface area (Å²) in [5, 5.41) is 3.80. The number of aryl methyl sites for hydroxylation is 1. The summed E-state index contributed by atoms with van der Waals surface area (Å²) in [6.07, 6.45) is 9.08. The van der Waals surface area contributed by atoms with E-state index < -0.39 is 21.7 Å². The van der Waals surface area contributed by atoms with Crippen molar-refractivity contribution in [3.8, 4) is 11.1 Å². The van der Waals surface area contributed by atoms with Crippen LogP contribution in [0, 0.1) is 12.8 Å². The quantitative estimate of drug-likeness (QED) is 0.267. The van der Waals surface area contributed by atoms with E-state index in [0.717, 1.165) is 45.9 Å². The normalized spacial score (nSPS) is 15.0. The number of benzene rings is 2. The molecule has 0 aliphatic heterocycles. The van der Waals surface area contributed by atoms with Gasteiger partial charge in [0.25, 0.3) is 5.91 Å². The maximum absolute atomic E-state index is 13.1. The van der Waals surface area contributed by atoms with E-state index >= 15 is 0 Å². The van der Waals surface area contributed by atoms with Crippen molar-refractivity contribution in [2.24, 2.45) is 5.92 Å². The minimum atomic E-state index is -3.16. The van der Waals surface area contributed by atoms with Crippen molar-refractivity contribution >= 4 is 33.5 Å². The highest BCUT2D eigenvalue weighted by atomic mass is 32.2. The summed E-state index contributed by atoms with van der Waals surface area (Å²) in [6.45, 7) is 4.91. The van der Waals surface area contributed by atoms with Crippen LogP contribution in [-0.2, 0) is 26.0 Å². The van der Waals surface area contributed by atoms with Crippen LogP contribution in [0.5, 0.6) is 0 Å². The third kappa shape index (κ3) is 10.9. The molecule has 1 saturated carbocycles. The second kappa shape index (κ2) is 16.2. The van der Waals surface area contributed by atoms with E-state index in [9.17, 15) is 18.0 Å². The van der Waals surface area contributed by atoms with Gasteiger partial charge in [-0.25, -0.2) is 13.2 Å². The Bertz CT molecular complexity index is 1230. The zero-order chi connectivity index (χ0) is 29.0. The molecular weight excluding hydrogens is 544 g/mol. The Kier molecular flexibility index (Phi) is 13.0. The topological polar surface area (TPSA) is 102 Å². The van der Waals surface area contributed by atoms with Gasteiger partial charge in [-0.3, -0.25) is 4.79 Å². The Labute approximate surface area is 244 Å². The van der Waals surface area contributed by atoms with E-state index in [1.165, 1.54) is 38.5 Å². The molecular formula is C31H44N2O5S2. The van der Waals surface area contributed by atoms with Crippen LogP contribution in [-0.4, -0.2) is 49.9 Å². The number of hydrogen-bond donors (Lipinski definition) is 2. The first-order valence-corrected chi connectivity index (χ1v) is 17.6. The van der Waals surface area contributed by atoms with E-state index in [2.05, 4.69) is 17.7 Å². The van der Waals surface area contributed by atoms with Crippen LogP contribution < -0.4 is 10.8 Å². The molecule has 220 valence electrons. The molecule has 1 atom stereocenters. The van der Waals surface area contributed by atoms with Gasteiger partial charge in [-0.1, -0.05) is 69.4 Å². The molecule has 1 fully saturated rings. The van der Waals surface area contributed by atoms with Gasteiger partial charge in [0.15, 0.2) is 0 Å². The molecule has 1 aliphatic carbocycles. The second-order valence-corrected chi connectivity index (χ2v) is 14.4. The maximum Gasteiger partial charge on any atom is 0.332 e. The van der Waals surface area contributed by atoms with Gasteiger partial charge in [0.1, 0.15) is 9.84 Å². The highest BCUT2D eigenvalue weighted by Gasteiger charge is 2.20. The van der Waals surface area contributed by atoms with Crippen molar-refractivity contribution < 1.29 is 22.8 Å². The fraction of sp³-hybridized carbons (Fsp3) is 0.548. The number of sulfone groups is 1. The molecule has 3 rings (SSSR count). The molecule has 1 amide bonds. The van der Waals surface area contributed by atoms with E-state index in [1.807, 2.05) is 55.1 Å². The second-order valence-electron chi connectivity index (χ2n) is 10.8. The zero-order valence-corrected chi connectivity index (χ0v) is 25.7. The van der Waals surface area contributed by atoms with Gasteiger partial charge in [0.05, 0.1) is 11.3 Å². The number of hydrogen-bond acceptors (Lipinski definition) is 7. The number of carbonyl (C=O) groups excluding carboxylic acids is 2. The SMILES string of the molecule is CCSCC(CC1CCCCC1)NCc1ccc(C(=O)NOC(=O)CCCS(C)(=O)=O)c(-c2ccccc2C)c1. The van der Waals surface area contributed by atoms with Crippen molar-refractivity contribution in [2.75, 3.05) is 23.5 Å². The van der Waals surface area contributed by atoms with E-state index in [1.54, 1.807) is 6.07 Å². The first-order valence-electron chi connectivity index (χ1n) is 14.3. The first-order chi connectivity index (χ1) is 19.2. The molecule has 2 N–H and O–H groups in total. The zero-order valence-electron chi connectivity index (χ0n) is 24.0. The first kappa shape index (κ1) is 32.2. The van der Waals surface area contributed by atoms with Crippen LogP contribution in [0.2, 0.25) is 0 Å². The van der Waals surface area contributed by atoms with E-state index in [4.69, 9.17) is 4.84 Å². The summed E-state index contributed by atoms with van der Waals surface area (Å²) in [6, 6.07) is 14.1. The molecule has 0 heterocycles. The van der Waals surface area contributed by atoms with Crippen LogP contribution in [0.25, 0.3) is 11.1 Å². The van der Waals surface area contributed by atoms with Crippen molar-refractivity contribution in [2.45, 2.75) is 77.8 Å². The summed E-state index contributed by atoms with van der Waals surface area (Å²) in [4.78, 5) is 30.1. The Morgan fingerprint density at radius 1 is 1.07 bits per heavy atom.